The molecule has 0 bridgehead atoms. The molecule has 2 aliphatic rings. The van der Waals surface area contributed by atoms with E-state index in [4.69, 9.17) is 0 Å². The van der Waals surface area contributed by atoms with Gasteiger partial charge in [0, 0.05) is 32.2 Å². The number of hydrogen-bond acceptors (Lipinski definition) is 3. The highest BCUT2D eigenvalue weighted by Crippen LogP contribution is 2.22. The smallest absolute Gasteiger partial charge is 0.227 e. The van der Waals surface area contributed by atoms with Crippen LogP contribution in [0.2, 0.25) is 0 Å². The minimum atomic E-state index is 0.218. The highest BCUT2D eigenvalue weighted by Gasteiger charge is 2.32. The average Bonchev–Trinajstić information content (AvgIpc) is 2.84. The Hall–Kier alpha value is -0.610. The van der Waals surface area contributed by atoms with Gasteiger partial charge < -0.3 is 15.1 Å². The highest BCUT2D eigenvalue weighted by molar-refractivity contribution is 5.79. The van der Waals surface area contributed by atoms with Crippen LogP contribution in [0.3, 0.4) is 0 Å². The first kappa shape index (κ1) is 12.8. The molecule has 2 fully saturated rings. The van der Waals surface area contributed by atoms with Gasteiger partial charge in [-0.25, -0.2) is 0 Å². The number of nitrogens with one attached hydrogen (secondary N) is 1. The van der Waals surface area contributed by atoms with Gasteiger partial charge in [0.25, 0.3) is 0 Å². The molecule has 17 heavy (non-hydrogen) atoms. The fraction of sp³-hybridized carbons (Fsp3) is 0.923. The molecule has 98 valence electrons. The lowest BCUT2D eigenvalue weighted by Crippen LogP contribution is -2.49. The van der Waals surface area contributed by atoms with E-state index < -0.39 is 0 Å². The Morgan fingerprint density at radius 1 is 1.41 bits per heavy atom. The molecule has 0 radical (unpaired) electrons. The number of piperidine rings is 1. The molecular formula is C13H25N3O. The van der Waals surface area contributed by atoms with Gasteiger partial charge in [0.2, 0.25) is 5.91 Å². The van der Waals surface area contributed by atoms with Crippen molar-refractivity contribution in [1.82, 2.24) is 15.1 Å². The zero-order valence-electron chi connectivity index (χ0n) is 11.3. The molecule has 0 aromatic heterocycles. The van der Waals surface area contributed by atoms with Crippen LogP contribution in [0.5, 0.6) is 0 Å². The van der Waals surface area contributed by atoms with Gasteiger partial charge in [0.15, 0.2) is 0 Å². The van der Waals surface area contributed by atoms with E-state index in [1.807, 2.05) is 11.9 Å². The summed E-state index contributed by atoms with van der Waals surface area (Å²) >= 11 is 0. The molecule has 0 aromatic rings. The summed E-state index contributed by atoms with van der Waals surface area (Å²) in [5, 5.41) is 3.27. The van der Waals surface area contributed by atoms with E-state index >= 15 is 0 Å². The van der Waals surface area contributed by atoms with Crippen LogP contribution in [0.25, 0.3) is 0 Å². The van der Waals surface area contributed by atoms with Gasteiger partial charge in [0.1, 0.15) is 0 Å². The van der Waals surface area contributed by atoms with Crippen molar-refractivity contribution in [1.29, 1.82) is 0 Å². The predicted octanol–water partition coefficient (Wildman–Crippen LogP) is 0.537. The normalized spacial score (nSPS) is 34.9. The topological polar surface area (TPSA) is 35.6 Å². The molecule has 0 aromatic carbocycles. The van der Waals surface area contributed by atoms with Crippen LogP contribution in [0.15, 0.2) is 0 Å². The SMILES string of the molecule is C[C@@H]1C[C@@H](N(C)C(=O)[C@@H]2CCNC2)CCN1C. The zero-order valence-corrected chi connectivity index (χ0v) is 11.3. The van der Waals surface area contributed by atoms with Crippen LogP contribution >= 0.6 is 0 Å². The maximum Gasteiger partial charge on any atom is 0.227 e. The molecule has 2 heterocycles. The number of amides is 1. The Balaban J connectivity index is 1.90. The van der Waals surface area contributed by atoms with Crippen molar-refractivity contribution in [3.8, 4) is 0 Å². The molecule has 2 aliphatic heterocycles. The quantitative estimate of drug-likeness (QED) is 0.764. The lowest BCUT2D eigenvalue weighted by atomic mass is 9.96. The zero-order chi connectivity index (χ0) is 12.4. The first-order valence-electron chi connectivity index (χ1n) is 6.77. The molecule has 1 N–H and O–H groups in total. The lowest BCUT2D eigenvalue weighted by Gasteiger charge is -2.40. The number of nitrogens with zero attached hydrogens (tertiary/aromatic N) is 2. The van der Waals surface area contributed by atoms with Gasteiger partial charge in [-0.15, -0.1) is 0 Å². The average molecular weight is 239 g/mol. The van der Waals surface area contributed by atoms with Crippen LogP contribution in [-0.2, 0) is 4.79 Å². The Kier molecular flexibility index (Phi) is 4.05. The first-order valence-corrected chi connectivity index (χ1v) is 6.77. The number of carbonyl (C=O) groups excluding carboxylic acids is 1. The van der Waals surface area contributed by atoms with Crippen LogP contribution < -0.4 is 5.32 Å². The van der Waals surface area contributed by atoms with Crippen LogP contribution in [0.4, 0.5) is 0 Å². The number of hydrogen-bond donors (Lipinski definition) is 1. The standard InChI is InChI=1S/C13H25N3O/c1-10-8-12(5-7-15(10)2)16(3)13(17)11-4-6-14-9-11/h10-12,14H,4-9H2,1-3H3/t10-,11-,12+/m1/s1. The molecule has 4 heteroatoms. The lowest BCUT2D eigenvalue weighted by molar-refractivity contribution is -0.136. The van der Waals surface area contributed by atoms with Gasteiger partial charge in [-0.2, -0.15) is 0 Å². The van der Waals surface area contributed by atoms with E-state index in [0.29, 0.717) is 18.0 Å². The number of carbonyl (C=O) groups is 1. The summed E-state index contributed by atoms with van der Waals surface area (Å²) in [5.74, 6) is 0.562. The maximum atomic E-state index is 12.3. The summed E-state index contributed by atoms with van der Waals surface area (Å²) in [5.41, 5.74) is 0. The minimum Gasteiger partial charge on any atom is -0.342 e. The molecule has 3 atom stereocenters. The summed E-state index contributed by atoms with van der Waals surface area (Å²) in [6, 6.07) is 1.03. The van der Waals surface area contributed by atoms with E-state index in [1.165, 1.54) is 0 Å². The molecule has 0 aliphatic carbocycles. The summed E-state index contributed by atoms with van der Waals surface area (Å²) in [7, 11) is 4.16. The van der Waals surface area contributed by atoms with E-state index in [2.05, 4.69) is 24.2 Å². The second-order valence-corrected chi connectivity index (χ2v) is 5.65. The third kappa shape index (κ3) is 2.80. The summed E-state index contributed by atoms with van der Waals surface area (Å²) in [4.78, 5) is 16.7. The van der Waals surface area contributed by atoms with E-state index in [1.54, 1.807) is 0 Å². The predicted molar refractivity (Wildman–Crippen MR) is 68.9 cm³/mol. The highest BCUT2D eigenvalue weighted by atomic mass is 16.2. The maximum absolute atomic E-state index is 12.3. The molecule has 0 saturated carbocycles. The Labute approximate surface area is 104 Å². The Bertz CT molecular complexity index is 276. The van der Waals surface area contributed by atoms with E-state index in [-0.39, 0.29) is 5.92 Å². The molecule has 4 nitrogen and oxygen atoms in total. The van der Waals surface area contributed by atoms with Crippen molar-refractivity contribution in [3.63, 3.8) is 0 Å². The van der Waals surface area contributed by atoms with Crippen LogP contribution in [0.1, 0.15) is 26.2 Å². The van der Waals surface area contributed by atoms with Crippen molar-refractivity contribution in [2.75, 3.05) is 33.7 Å². The van der Waals surface area contributed by atoms with Gasteiger partial charge in [-0.05, 0) is 39.8 Å². The number of likely N-dealkylation sites (tertiary alicyclic amines) is 1. The van der Waals surface area contributed by atoms with Crippen molar-refractivity contribution in [3.05, 3.63) is 0 Å². The first-order chi connectivity index (χ1) is 8.09. The van der Waals surface area contributed by atoms with E-state index in [9.17, 15) is 4.79 Å². The summed E-state index contributed by atoms with van der Waals surface area (Å²) < 4.78 is 0. The van der Waals surface area contributed by atoms with Crippen molar-refractivity contribution in [2.24, 2.45) is 5.92 Å². The minimum absolute atomic E-state index is 0.218. The van der Waals surface area contributed by atoms with Gasteiger partial charge in [-0.1, -0.05) is 0 Å². The van der Waals surface area contributed by atoms with E-state index in [0.717, 1.165) is 38.9 Å². The molecule has 0 spiro atoms. The van der Waals surface area contributed by atoms with Gasteiger partial charge >= 0.3 is 0 Å². The fourth-order valence-corrected chi connectivity index (χ4v) is 2.95. The third-order valence-electron chi connectivity index (χ3n) is 4.49. The van der Waals surface area contributed by atoms with Crippen molar-refractivity contribution < 1.29 is 4.79 Å². The van der Waals surface area contributed by atoms with Crippen molar-refractivity contribution >= 4 is 5.91 Å². The Morgan fingerprint density at radius 3 is 2.76 bits per heavy atom. The molecular weight excluding hydrogens is 214 g/mol. The molecule has 2 saturated heterocycles. The number of rotatable bonds is 2. The third-order valence-corrected chi connectivity index (χ3v) is 4.49. The molecule has 2 rings (SSSR count). The van der Waals surface area contributed by atoms with Crippen LogP contribution in [0, 0.1) is 5.92 Å². The second kappa shape index (κ2) is 5.36. The van der Waals surface area contributed by atoms with Gasteiger partial charge in [0.05, 0.1) is 5.92 Å². The Morgan fingerprint density at radius 2 is 2.18 bits per heavy atom. The van der Waals surface area contributed by atoms with Crippen LogP contribution in [-0.4, -0.2) is 61.5 Å². The monoisotopic (exact) mass is 239 g/mol. The summed E-state index contributed by atoms with van der Waals surface area (Å²) in [6.07, 6.45) is 3.23. The van der Waals surface area contributed by atoms with Crippen molar-refractivity contribution in [2.45, 2.75) is 38.3 Å². The fourth-order valence-electron chi connectivity index (χ4n) is 2.95. The summed E-state index contributed by atoms with van der Waals surface area (Å²) in [6.45, 7) is 5.22. The molecule has 1 amide bonds. The largest absolute Gasteiger partial charge is 0.342 e. The van der Waals surface area contributed by atoms with Gasteiger partial charge in [-0.3, -0.25) is 4.79 Å². The second-order valence-electron chi connectivity index (χ2n) is 5.65. The molecule has 0 unspecified atom stereocenters.